The van der Waals surface area contributed by atoms with Gasteiger partial charge in [0.2, 0.25) is 5.91 Å². The second-order valence-corrected chi connectivity index (χ2v) is 12.4. The Morgan fingerprint density at radius 3 is 1.92 bits per heavy atom. The minimum Gasteiger partial charge on any atom is -0.461 e. The summed E-state index contributed by atoms with van der Waals surface area (Å²) in [4.78, 5) is 39.5. The van der Waals surface area contributed by atoms with Crippen LogP contribution in [0.5, 0.6) is 0 Å². The summed E-state index contributed by atoms with van der Waals surface area (Å²) in [5, 5.41) is 6.46. The molecule has 0 aromatic heterocycles. The molecule has 1 aromatic rings. The maximum absolute atomic E-state index is 13.8. The number of hydrogen-bond acceptors (Lipinski definition) is 5. The van der Waals surface area contributed by atoms with Gasteiger partial charge in [0.1, 0.15) is 12.2 Å². The van der Waals surface area contributed by atoms with E-state index in [9.17, 15) is 14.4 Å². The Hall–Kier alpha value is -2.57. The molecule has 3 rings (SSSR count). The number of hydrogen-bond donors (Lipinski definition) is 2. The molecule has 6 atom stereocenters. The van der Waals surface area contributed by atoms with Crippen molar-refractivity contribution in [1.82, 2.24) is 10.6 Å². The van der Waals surface area contributed by atoms with E-state index in [0.717, 1.165) is 56.9 Å². The molecule has 2 saturated carbocycles. The third-order valence-electron chi connectivity index (χ3n) is 8.45. The van der Waals surface area contributed by atoms with E-state index in [4.69, 9.17) is 9.47 Å². The molecule has 2 amide bonds. The van der Waals surface area contributed by atoms with Crippen LogP contribution in [-0.2, 0) is 25.7 Å². The summed E-state index contributed by atoms with van der Waals surface area (Å²) in [5.41, 5.74) is 0.408. The molecule has 0 radical (unpaired) electrons. The lowest BCUT2D eigenvalue weighted by Crippen LogP contribution is -2.52. The van der Waals surface area contributed by atoms with Crippen LogP contribution >= 0.6 is 0 Å². The van der Waals surface area contributed by atoms with Gasteiger partial charge in [-0.3, -0.25) is 9.59 Å². The van der Waals surface area contributed by atoms with Crippen molar-refractivity contribution in [2.24, 2.45) is 23.7 Å². The highest BCUT2D eigenvalue weighted by atomic mass is 16.6. The lowest BCUT2D eigenvalue weighted by atomic mass is 9.73. The Morgan fingerprint density at radius 2 is 1.36 bits per heavy atom. The number of carbonyl (C=O) groups is 3. The highest BCUT2D eigenvalue weighted by Crippen LogP contribution is 2.36. The molecule has 0 unspecified atom stereocenters. The molecular formula is C32H50N2O5. The maximum atomic E-state index is 13.8. The van der Waals surface area contributed by atoms with Gasteiger partial charge >= 0.3 is 12.1 Å². The molecule has 2 N–H and O–H groups in total. The van der Waals surface area contributed by atoms with E-state index in [2.05, 4.69) is 17.6 Å². The zero-order chi connectivity index (χ0) is 28.4. The molecule has 0 spiro atoms. The number of rotatable bonds is 10. The molecule has 7 nitrogen and oxygen atoms in total. The minimum atomic E-state index is -0.566. The Morgan fingerprint density at radius 1 is 0.821 bits per heavy atom. The first-order valence-corrected chi connectivity index (χ1v) is 15.1. The highest BCUT2D eigenvalue weighted by Gasteiger charge is 2.40. The van der Waals surface area contributed by atoms with Crippen molar-refractivity contribution in [1.29, 1.82) is 0 Å². The first-order chi connectivity index (χ1) is 18.6. The van der Waals surface area contributed by atoms with Gasteiger partial charge in [-0.2, -0.15) is 0 Å². The first kappa shape index (κ1) is 31.0. The second kappa shape index (κ2) is 14.7. The molecule has 2 aliphatic rings. The van der Waals surface area contributed by atoms with Crippen molar-refractivity contribution in [3.8, 4) is 0 Å². The second-order valence-electron chi connectivity index (χ2n) is 12.4. The van der Waals surface area contributed by atoms with Crippen LogP contribution in [0.15, 0.2) is 30.3 Å². The number of esters is 1. The zero-order valence-electron chi connectivity index (χ0n) is 24.7. The fourth-order valence-electron chi connectivity index (χ4n) is 6.55. The largest absolute Gasteiger partial charge is 0.461 e. The van der Waals surface area contributed by atoms with E-state index < -0.39 is 11.7 Å². The predicted molar refractivity (Wildman–Crippen MR) is 153 cm³/mol. The van der Waals surface area contributed by atoms with Crippen molar-refractivity contribution in [3.05, 3.63) is 35.9 Å². The molecule has 39 heavy (non-hydrogen) atoms. The van der Waals surface area contributed by atoms with Gasteiger partial charge in [-0.1, -0.05) is 69.9 Å². The van der Waals surface area contributed by atoms with Gasteiger partial charge in [0.25, 0.3) is 0 Å². The maximum Gasteiger partial charge on any atom is 0.407 e. The topological polar surface area (TPSA) is 93.7 Å². The molecule has 218 valence electrons. The smallest absolute Gasteiger partial charge is 0.407 e. The van der Waals surface area contributed by atoms with Gasteiger partial charge in [-0.05, 0) is 76.7 Å². The van der Waals surface area contributed by atoms with E-state index in [1.807, 2.05) is 58.0 Å². The summed E-state index contributed by atoms with van der Waals surface area (Å²) < 4.78 is 11.2. The fourth-order valence-corrected chi connectivity index (χ4v) is 6.55. The van der Waals surface area contributed by atoms with Crippen LogP contribution in [0.3, 0.4) is 0 Å². The number of carbonyl (C=O) groups excluding carboxylic acids is 3. The number of benzene rings is 1. The Kier molecular flexibility index (Phi) is 11.7. The van der Waals surface area contributed by atoms with Gasteiger partial charge in [-0.25, -0.2) is 4.79 Å². The van der Waals surface area contributed by atoms with Crippen LogP contribution in [0, 0.1) is 23.7 Å². The molecule has 0 saturated heterocycles. The van der Waals surface area contributed by atoms with Crippen LogP contribution in [-0.4, -0.2) is 35.7 Å². The van der Waals surface area contributed by atoms with Gasteiger partial charge < -0.3 is 20.1 Å². The van der Waals surface area contributed by atoms with Crippen LogP contribution in [0.4, 0.5) is 4.79 Å². The molecule has 0 aliphatic heterocycles. The van der Waals surface area contributed by atoms with Crippen molar-refractivity contribution in [2.75, 3.05) is 0 Å². The lowest BCUT2D eigenvalue weighted by molar-refractivity contribution is -0.153. The number of ether oxygens (including phenoxy) is 2. The predicted octanol–water partition coefficient (Wildman–Crippen LogP) is 6.54. The molecule has 2 fully saturated rings. The summed E-state index contributed by atoms with van der Waals surface area (Å²) >= 11 is 0. The van der Waals surface area contributed by atoms with Crippen molar-refractivity contribution in [2.45, 2.75) is 123 Å². The molecule has 2 aliphatic carbocycles. The summed E-state index contributed by atoms with van der Waals surface area (Å²) in [6, 6.07) is 9.62. The summed E-state index contributed by atoms with van der Waals surface area (Å²) in [7, 11) is 0. The van der Waals surface area contributed by atoms with Crippen molar-refractivity contribution < 1.29 is 23.9 Å². The minimum absolute atomic E-state index is 0.0459. The average Bonchev–Trinajstić information content (AvgIpc) is 2.90. The van der Waals surface area contributed by atoms with Crippen LogP contribution in [0.2, 0.25) is 0 Å². The van der Waals surface area contributed by atoms with Gasteiger partial charge in [0.05, 0.1) is 5.92 Å². The Balaban J connectivity index is 1.66. The van der Waals surface area contributed by atoms with Crippen molar-refractivity contribution in [3.63, 3.8) is 0 Å². The van der Waals surface area contributed by atoms with Gasteiger partial charge in [0.15, 0.2) is 0 Å². The van der Waals surface area contributed by atoms with E-state index in [1.54, 1.807) is 0 Å². The standard InChI is InChI=1S/C32H50N2O5/c1-6-23(25-17-11-14-20-28(25)34-31(37)39-32(3,4)5)29(35)33-27-19-13-12-18-26(27)24(7-2)30(36)38-21-22-15-9-8-10-16-22/h8-10,15-16,23-28H,6-7,11-14,17-21H2,1-5H3,(H,33,35)(H,34,37)/t23-,24-,25-,26-,27-,28-/m0/s1. The number of alkyl carbamates (subject to hydrolysis) is 1. The molecule has 7 heteroatoms. The zero-order valence-corrected chi connectivity index (χ0v) is 24.7. The molecular weight excluding hydrogens is 492 g/mol. The normalized spacial score (nSPS) is 25.2. The monoisotopic (exact) mass is 542 g/mol. The molecule has 0 heterocycles. The van der Waals surface area contributed by atoms with E-state index >= 15 is 0 Å². The quantitative estimate of drug-likeness (QED) is 0.327. The van der Waals surface area contributed by atoms with Crippen molar-refractivity contribution >= 4 is 18.0 Å². The van der Waals surface area contributed by atoms with E-state index in [0.29, 0.717) is 12.8 Å². The van der Waals surface area contributed by atoms with Crippen LogP contribution in [0.25, 0.3) is 0 Å². The highest BCUT2D eigenvalue weighted by molar-refractivity contribution is 5.80. The average molecular weight is 543 g/mol. The van der Waals surface area contributed by atoms with Gasteiger partial charge in [0, 0.05) is 18.0 Å². The Bertz CT molecular complexity index is 928. The summed E-state index contributed by atoms with van der Waals surface area (Å²) in [6.07, 6.45) is 8.70. The van der Waals surface area contributed by atoms with E-state index in [1.165, 1.54) is 0 Å². The van der Waals surface area contributed by atoms with Crippen LogP contribution in [0.1, 0.15) is 104 Å². The SMILES string of the molecule is CC[C@H](C(=O)N[C@H]1CCCC[C@H]1[C@H](CC)C(=O)OCc1ccccc1)[C@@H]1CCCC[C@@H]1NC(=O)OC(C)(C)C. The molecule has 0 bridgehead atoms. The number of nitrogens with one attached hydrogen (secondary N) is 2. The third-order valence-corrected chi connectivity index (χ3v) is 8.45. The van der Waals surface area contributed by atoms with Gasteiger partial charge in [-0.15, -0.1) is 0 Å². The summed E-state index contributed by atoms with van der Waals surface area (Å²) in [5.74, 6) is -0.432. The summed E-state index contributed by atoms with van der Waals surface area (Å²) in [6.45, 7) is 9.92. The van der Waals surface area contributed by atoms with Crippen LogP contribution < -0.4 is 10.6 Å². The first-order valence-electron chi connectivity index (χ1n) is 15.1. The lowest BCUT2D eigenvalue weighted by Gasteiger charge is -2.40. The number of amides is 2. The van der Waals surface area contributed by atoms with E-state index in [-0.39, 0.29) is 54.2 Å². The third kappa shape index (κ3) is 9.25. The Labute approximate surface area is 235 Å². The molecule has 1 aromatic carbocycles. The fraction of sp³-hybridized carbons (Fsp3) is 0.719.